The Kier molecular flexibility index (Phi) is 12.9. The van der Waals surface area contributed by atoms with E-state index in [2.05, 4.69) is 10.6 Å². The number of hydrogen-bond donors (Lipinski definition) is 4. The van der Waals surface area contributed by atoms with Gasteiger partial charge in [0.2, 0.25) is 23.6 Å². The number of rotatable bonds is 16. The number of likely N-dealkylation sites (N-methyl/N-ethyl adjacent to an activating group) is 1. The van der Waals surface area contributed by atoms with Gasteiger partial charge in [0.15, 0.2) is 5.78 Å². The van der Waals surface area contributed by atoms with Crippen LogP contribution in [0.2, 0.25) is 0 Å². The van der Waals surface area contributed by atoms with E-state index in [9.17, 15) is 28.8 Å². The fourth-order valence-corrected chi connectivity index (χ4v) is 4.98. The molecule has 11 nitrogen and oxygen atoms in total. The van der Waals surface area contributed by atoms with Crippen molar-refractivity contribution in [1.82, 2.24) is 15.5 Å². The first kappa shape index (κ1) is 36.2. The van der Waals surface area contributed by atoms with E-state index >= 15 is 0 Å². The number of carboxylic acids is 1. The maximum atomic E-state index is 13.8. The molecule has 0 heterocycles. The highest BCUT2D eigenvalue weighted by atomic mass is 16.4. The highest BCUT2D eigenvalue weighted by molar-refractivity contribution is 5.94. The number of nitrogens with zero attached hydrogens (tertiary/aromatic N) is 1. The van der Waals surface area contributed by atoms with Gasteiger partial charge in [0.1, 0.15) is 12.1 Å². The predicted molar refractivity (Wildman–Crippen MR) is 177 cm³/mol. The van der Waals surface area contributed by atoms with Crippen molar-refractivity contribution in [2.75, 3.05) is 7.05 Å². The summed E-state index contributed by atoms with van der Waals surface area (Å²) in [7, 11) is 1.44. The molecule has 0 saturated carbocycles. The van der Waals surface area contributed by atoms with Gasteiger partial charge >= 0.3 is 5.97 Å². The molecule has 5 N–H and O–H groups in total. The molecule has 0 bridgehead atoms. The first-order chi connectivity index (χ1) is 22.3. The molecule has 0 unspecified atom stereocenters. The Bertz CT molecular complexity index is 1570. The lowest BCUT2D eigenvalue weighted by atomic mass is 9.97. The van der Waals surface area contributed by atoms with Gasteiger partial charge in [-0.05, 0) is 61.1 Å². The van der Waals surface area contributed by atoms with Gasteiger partial charge < -0.3 is 26.4 Å². The monoisotopic (exact) mass is 642 g/mol. The van der Waals surface area contributed by atoms with Gasteiger partial charge in [-0.25, -0.2) is 4.79 Å². The predicted octanol–water partition coefficient (Wildman–Crippen LogP) is 3.14. The van der Waals surface area contributed by atoms with Crippen molar-refractivity contribution in [2.45, 2.75) is 64.6 Å². The Morgan fingerprint density at radius 1 is 0.745 bits per heavy atom. The highest BCUT2D eigenvalue weighted by Gasteiger charge is 2.32. The average Bonchev–Trinajstić information content (AvgIpc) is 3.05. The summed E-state index contributed by atoms with van der Waals surface area (Å²) in [4.78, 5) is 76.6. The van der Waals surface area contributed by atoms with Crippen LogP contribution in [0.1, 0.15) is 55.1 Å². The Labute approximate surface area is 274 Å². The van der Waals surface area contributed by atoms with Gasteiger partial charge in [-0.1, -0.05) is 73.7 Å². The van der Waals surface area contributed by atoms with E-state index in [-0.39, 0.29) is 30.6 Å². The van der Waals surface area contributed by atoms with Gasteiger partial charge in [0.05, 0.1) is 11.6 Å². The van der Waals surface area contributed by atoms with Crippen molar-refractivity contribution in [3.63, 3.8) is 0 Å². The van der Waals surface area contributed by atoms with Crippen LogP contribution in [0.25, 0.3) is 11.1 Å². The number of carbonyl (C=O) groups is 6. The normalized spacial score (nSPS) is 13.4. The maximum absolute atomic E-state index is 13.8. The number of ketones is 1. The third-order valence-electron chi connectivity index (χ3n) is 8.14. The molecule has 0 aliphatic heterocycles. The fraction of sp³-hybridized carbons (Fsp3) is 0.333. The van der Waals surface area contributed by atoms with E-state index < -0.39 is 53.6 Å². The minimum atomic E-state index is -1.17. The molecule has 0 spiro atoms. The number of amides is 4. The molecule has 47 heavy (non-hydrogen) atoms. The topological polar surface area (TPSA) is 176 Å². The van der Waals surface area contributed by atoms with E-state index in [0.29, 0.717) is 6.42 Å². The zero-order valence-corrected chi connectivity index (χ0v) is 27.1. The average molecular weight is 643 g/mol. The first-order valence-electron chi connectivity index (χ1n) is 15.4. The summed E-state index contributed by atoms with van der Waals surface area (Å²) in [5, 5.41) is 14.7. The first-order valence-corrected chi connectivity index (χ1v) is 15.4. The van der Waals surface area contributed by atoms with Gasteiger partial charge in [0, 0.05) is 25.8 Å². The summed E-state index contributed by atoms with van der Waals surface area (Å²) in [5.74, 6) is -4.19. The van der Waals surface area contributed by atoms with Crippen LogP contribution < -0.4 is 16.4 Å². The summed E-state index contributed by atoms with van der Waals surface area (Å²) in [5.41, 5.74) is 8.96. The van der Waals surface area contributed by atoms with Crippen LogP contribution in [-0.2, 0) is 36.8 Å². The third-order valence-corrected chi connectivity index (χ3v) is 8.14. The summed E-state index contributed by atoms with van der Waals surface area (Å²) >= 11 is 0. The minimum absolute atomic E-state index is 0.0932. The van der Waals surface area contributed by atoms with Crippen LogP contribution in [0.5, 0.6) is 0 Å². The van der Waals surface area contributed by atoms with E-state index in [1.807, 2.05) is 54.6 Å². The molecule has 4 atom stereocenters. The van der Waals surface area contributed by atoms with Crippen molar-refractivity contribution >= 4 is 35.4 Å². The number of nitrogens with one attached hydrogen (secondary N) is 2. The van der Waals surface area contributed by atoms with E-state index in [1.165, 1.54) is 31.0 Å². The fourth-order valence-electron chi connectivity index (χ4n) is 4.98. The molecule has 0 radical (unpaired) electrons. The molecule has 4 amide bonds. The summed E-state index contributed by atoms with van der Waals surface area (Å²) in [6.45, 7) is 4.61. The number of primary amides is 1. The number of nitrogens with two attached hydrogens (primary N) is 1. The van der Waals surface area contributed by atoms with E-state index in [0.717, 1.165) is 22.3 Å². The lowest BCUT2D eigenvalue weighted by molar-refractivity contribution is -0.141. The van der Waals surface area contributed by atoms with Gasteiger partial charge in [0.25, 0.3) is 0 Å². The second kappa shape index (κ2) is 16.8. The smallest absolute Gasteiger partial charge is 0.335 e. The standard InChI is InChI=1S/C36H42N4O7/c1-22(20-25-12-16-29(17-13-25)36(46)47)33(43)39-31(21-26-10-14-28(15-11-26)27-8-6-5-7-9-27)34(44)38-30(18-19-32(37)42)35(45)40(4)23(2)24(3)41/h5-17,22-23,30-31H,18-21H2,1-4H3,(H2,37,42)(H,38,44)(H,39,43)(H,46,47)/t22-,23-,30-,31-/m0/s1. The maximum Gasteiger partial charge on any atom is 0.335 e. The van der Waals surface area contributed by atoms with Crippen molar-refractivity contribution in [3.05, 3.63) is 95.6 Å². The van der Waals surface area contributed by atoms with Crippen molar-refractivity contribution < 1.29 is 33.9 Å². The van der Waals surface area contributed by atoms with Crippen LogP contribution >= 0.6 is 0 Å². The minimum Gasteiger partial charge on any atom is -0.478 e. The molecular weight excluding hydrogens is 600 g/mol. The van der Waals surface area contributed by atoms with Gasteiger partial charge in [-0.2, -0.15) is 0 Å². The van der Waals surface area contributed by atoms with Crippen LogP contribution in [-0.4, -0.2) is 70.6 Å². The molecule has 0 aliphatic carbocycles. The summed E-state index contributed by atoms with van der Waals surface area (Å²) in [6.07, 6.45) is 0.112. The van der Waals surface area contributed by atoms with E-state index in [4.69, 9.17) is 10.8 Å². The summed E-state index contributed by atoms with van der Waals surface area (Å²) < 4.78 is 0. The number of aromatic carboxylic acids is 1. The Morgan fingerprint density at radius 2 is 1.28 bits per heavy atom. The van der Waals surface area contributed by atoms with Gasteiger partial charge in [-0.15, -0.1) is 0 Å². The lowest BCUT2D eigenvalue weighted by Crippen LogP contribution is -2.56. The van der Waals surface area contributed by atoms with Crippen molar-refractivity contribution in [3.8, 4) is 11.1 Å². The van der Waals surface area contributed by atoms with Crippen LogP contribution in [0, 0.1) is 5.92 Å². The molecule has 0 saturated heterocycles. The number of Topliss-reactive ketones (excluding diaryl/α,β-unsaturated/α-hetero) is 1. The Hall–Kier alpha value is -5.32. The van der Waals surface area contributed by atoms with Crippen LogP contribution in [0.15, 0.2) is 78.9 Å². The molecule has 11 heteroatoms. The molecule has 0 aliphatic rings. The van der Waals surface area contributed by atoms with Crippen molar-refractivity contribution in [1.29, 1.82) is 0 Å². The quantitative estimate of drug-likeness (QED) is 0.186. The Morgan fingerprint density at radius 3 is 1.83 bits per heavy atom. The number of hydrogen-bond acceptors (Lipinski definition) is 6. The molecule has 3 aromatic carbocycles. The molecule has 0 fully saturated rings. The zero-order valence-electron chi connectivity index (χ0n) is 27.1. The SMILES string of the molecule is CC(=O)[C@H](C)N(C)C(=O)[C@H](CCC(N)=O)NC(=O)[C@H](Cc1ccc(-c2ccccc2)cc1)NC(=O)[C@@H](C)Cc1ccc(C(=O)O)cc1. The zero-order chi connectivity index (χ0) is 34.7. The van der Waals surface area contributed by atoms with Crippen molar-refractivity contribution in [2.24, 2.45) is 11.7 Å². The second-order valence-corrected chi connectivity index (χ2v) is 11.7. The number of carboxylic acid groups (broad SMARTS) is 1. The van der Waals surface area contributed by atoms with E-state index in [1.54, 1.807) is 26.0 Å². The number of carbonyl (C=O) groups excluding carboxylic acids is 5. The van der Waals surface area contributed by atoms with Gasteiger partial charge in [-0.3, -0.25) is 24.0 Å². The van der Waals surface area contributed by atoms with Crippen LogP contribution in [0.3, 0.4) is 0 Å². The molecule has 248 valence electrons. The largest absolute Gasteiger partial charge is 0.478 e. The lowest BCUT2D eigenvalue weighted by Gasteiger charge is -2.29. The molecular formula is C36H42N4O7. The highest BCUT2D eigenvalue weighted by Crippen LogP contribution is 2.20. The molecule has 3 aromatic rings. The number of benzene rings is 3. The second-order valence-electron chi connectivity index (χ2n) is 11.7. The molecule has 0 aromatic heterocycles. The third kappa shape index (κ3) is 10.6. The summed E-state index contributed by atoms with van der Waals surface area (Å²) in [6, 6.07) is 20.5. The van der Waals surface area contributed by atoms with Crippen LogP contribution in [0.4, 0.5) is 0 Å². The molecule has 3 rings (SSSR count). The Balaban J connectivity index is 1.85.